The molecule has 0 bridgehead atoms. The van der Waals surface area contributed by atoms with Crippen LogP contribution in [0.2, 0.25) is 0 Å². The fourth-order valence-electron chi connectivity index (χ4n) is 3.01. The standard InChI is InChI=1S/C15H24N4O2/c1-15(2)5-6-18(11-15)14(20)17-12-8-16-19(9-12)10-13-4-3-7-21-13/h8-9,13H,3-7,10-11H2,1-2H3,(H,17,20). The van der Waals surface area contributed by atoms with E-state index >= 15 is 0 Å². The van der Waals surface area contributed by atoms with Crippen LogP contribution in [0.1, 0.15) is 33.1 Å². The smallest absolute Gasteiger partial charge is 0.321 e. The molecule has 0 spiro atoms. The zero-order chi connectivity index (χ0) is 14.9. The number of ether oxygens (including phenoxy) is 1. The van der Waals surface area contributed by atoms with Crippen molar-refractivity contribution in [3.05, 3.63) is 12.4 Å². The van der Waals surface area contributed by atoms with Gasteiger partial charge in [0.2, 0.25) is 0 Å². The number of carbonyl (C=O) groups excluding carboxylic acids is 1. The summed E-state index contributed by atoms with van der Waals surface area (Å²) in [4.78, 5) is 14.1. The van der Waals surface area contributed by atoms with Gasteiger partial charge in [-0.05, 0) is 24.7 Å². The van der Waals surface area contributed by atoms with Gasteiger partial charge in [0, 0.05) is 25.9 Å². The SMILES string of the molecule is CC1(C)CCN(C(=O)Nc2cnn(CC3CCCO3)c2)C1. The average molecular weight is 292 g/mol. The van der Waals surface area contributed by atoms with Crippen molar-refractivity contribution in [1.29, 1.82) is 0 Å². The van der Waals surface area contributed by atoms with E-state index in [0.717, 1.165) is 51.2 Å². The third-order valence-electron chi connectivity index (χ3n) is 4.26. The normalized spacial score (nSPS) is 24.5. The second kappa shape index (κ2) is 5.67. The number of amides is 2. The summed E-state index contributed by atoms with van der Waals surface area (Å²) in [6.07, 6.45) is 7.10. The maximum absolute atomic E-state index is 12.2. The molecule has 21 heavy (non-hydrogen) atoms. The first-order chi connectivity index (χ1) is 10.0. The zero-order valence-corrected chi connectivity index (χ0v) is 12.8. The lowest BCUT2D eigenvalue weighted by molar-refractivity contribution is 0.0940. The summed E-state index contributed by atoms with van der Waals surface area (Å²) < 4.78 is 7.44. The number of aromatic nitrogens is 2. The molecule has 2 amide bonds. The van der Waals surface area contributed by atoms with Crippen LogP contribution in [-0.2, 0) is 11.3 Å². The molecule has 2 aliphatic rings. The molecule has 116 valence electrons. The number of rotatable bonds is 3. The number of nitrogens with zero attached hydrogens (tertiary/aromatic N) is 3. The van der Waals surface area contributed by atoms with Gasteiger partial charge < -0.3 is 15.0 Å². The van der Waals surface area contributed by atoms with Crippen LogP contribution in [0.3, 0.4) is 0 Å². The van der Waals surface area contributed by atoms with Crippen molar-refractivity contribution in [3.8, 4) is 0 Å². The first-order valence-electron chi connectivity index (χ1n) is 7.72. The topological polar surface area (TPSA) is 59.4 Å². The molecule has 1 N–H and O–H groups in total. The highest BCUT2D eigenvalue weighted by molar-refractivity contribution is 5.89. The van der Waals surface area contributed by atoms with Gasteiger partial charge in [0.15, 0.2) is 0 Å². The number of urea groups is 1. The fourth-order valence-corrected chi connectivity index (χ4v) is 3.01. The molecule has 0 saturated carbocycles. The Bertz CT molecular complexity index is 506. The monoisotopic (exact) mass is 292 g/mol. The minimum absolute atomic E-state index is 0.0303. The number of hydrogen-bond acceptors (Lipinski definition) is 3. The maximum atomic E-state index is 12.2. The molecule has 1 unspecified atom stereocenters. The molecule has 3 heterocycles. The quantitative estimate of drug-likeness (QED) is 0.930. The molecule has 1 atom stereocenters. The van der Waals surface area contributed by atoms with Crippen LogP contribution in [-0.4, -0.2) is 46.5 Å². The van der Waals surface area contributed by atoms with E-state index in [2.05, 4.69) is 24.3 Å². The first-order valence-corrected chi connectivity index (χ1v) is 7.72. The Morgan fingerprint density at radius 1 is 1.57 bits per heavy atom. The Hall–Kier alpha value is -1.56. The summed E-state index contributed by atoms with van der Waals surface area (Å²) in [5.74, 6) is 0. The van der Waals surface area contributed by atoms with Crippen molar-refractivity contribution in [2.75, 3.05) is 25.0 Å². The Kier molecular flexibility index (Phi) is 3.89. The zero-order valence-electron chi connectivity index (χ0n) is 12.8. The number of likely N-dealkylation sites (tertiary alicyclic amines) is 1. The number of carbonyl (C=O) groups is 1. The van der Waals surface area contributed by atoms with Gasteiger partial charge in [-0.15, -0.1) is 0 Å². The molecule has 6 nitrogen and oxygen atoms in total. The van der Waals surface area contributed by atoms with E-state index in [-0.39, 0.29) is 17.6 Å². The van der Waals surface area contributed by atoms with Crippen LogP contribution >= 0.6 is 0 Å². The molecule has 2 fully saturated rings. The molecule has 6 heteroatoms. The van der Waals surface area contributed by atoms with Gasteiger partial charge in [-0.2, -0.15) is 5.10 Å². The lowest BCUT2D eigenvalue weighted by Crippen LogP contribution is -2.34. The Balaban J connectivity index is 1.53. The molecule has 1 aromatic heterocycles. The average Bonchev–Trinajstić information content (AvgIpc) is 3.12. The van der Waals surface area contributed by atoms with E-state index in [4.69, 9.17) is 4.74 Å². The fraction of sp³-hybridized carbons (Fsp3) is 0.733. The van der Waals surface area contributed by atoms with Gasteiger partial charge in [-0.1, -0.05) is 13.8 Å². The van der Waals surface area contributed by atoms with Gasteiger partial charge in [-0.25, -0.2) is 4.79 Å². The van der Waals surface area contributed by atoms with E-state index in [1.54, 1.807) is 6.20 Å². The maximum Gasteiger partial charge on any atom is 0.321 e. The second-order valence-electron chi connectivity index (χ2n) is 6.85. The van der Waals surface area contributed by atoms with Crippen molar-refractivity contribution in [1.82, 2.24) is 14.7 Å². The first kappa shape index (κ1) is 14.4. The summed E-state index contributed by atoms with van der Waals surface area (Å²) in [6.45, 7) is 7.62. The third-order valence-corrected chi connectivity index (χ3v) is 4.26. The van der Waals surface area contributed by atoms with Crippen molar-refractivity contribution >= 4 is 11.7 Å². The highest BCUT2D eigenvalue weighted by Crippen LogP contribution is 2.29. The minimum atomic E-state index is -0.0303. The predicted octanol–water partition coefficient (Wildman–Crippen LogP) is 2.33. The lowest BCUT2D eigenvalue weighted by Gasteiger charge is -2.19. The lowest BCUT2D eigenvalue weighted by atomic mass is 9.93. The largest absolute Gasteiger partial charge is 0.376 e. The van der Waals surface area contributed by atoms with E-state index in [1.165, 1.54) is 0 Å². The van der Waals surface area contributed by atoms with Gasteiger partial charge in [0.05, 0.1) is 24.5 Å². The molecule has 0 aromatic carbocycles. The van der Waals surface area contributed by atoms with Gasteiger partial charge in [0.25, 0.3) is 0 Å². The summed E-state index contributed by atoms with van der Waals surface area (Å²) >= 11 is 0. The van der Waals surface area contributed by atoms with Crippen molar-refractivity contribution in [3.63, 3.8) is 0 Å². The third kappa shape index (κ3) is 3.56. The minimum Gasteiger partial charge on any atom is -0.376 e. The number of hydrogen-bond donors (Lipinski definition) is 1. The molecule has 2 saturated heterocycles. The molecular weight excluding hydrogens is 268 g/mol. The Morgan fingerprint density at radius 3 is 3.10 bits per heavy atom. The van der Waals surface area contributed by atoms with E-state index < -0.39 is 0 Å². The van der Waals surface area contributed by atoms with Crippen molar-refractivity contribution < 1.29 is 9.53 Å². The van der Waals surface area contributed by atoms with Crippen LogP contribution in [0, 0.1) is 5.41 Å². The van der Waals surface area contributed by atoms with Crippen LogP contribution in [0.25, 0.3) is 0 Å². The number of anilines is 1. The van der Waals surface area contributed by atoms with Crippen LogP contribution in [0.4, 0.5) is 10.5 Å². The molecule has 1 aromatic rings. The van der Waals surface area contributed by atoms with Gasteiger partial charge in [-0.3, -0.25) is 4.68 Å². The molecule has 0 aliphatic carbocycles. The van der Waals surface area contributed by atoms with Crippen molar-refractivity contribution in [2.45, 2.75) is 45.8 Å². The van der Waals surface area contributed by atoms with Crippen LogP contribution < -0.4 is 5.32 Å². The Morgan fingerprint density at radius 2 is 2.43 bits per heavy atom. The molecule has 2 aliphatic heterocycles. The molecular formula is C15H24N4O2. The van der Waals surface area contributed by atoms with E-state index in [0.29, 0.717) is 0 Å². The summed E-state index contributed by atoms with van der Waals surface area (Å²) in [6, 6.07) is -0.0303. The summed E-state index contributed by atoms with van der Waals surface area (Å²) in [5.41, 5.74) is 0.976. The summed E-state index contributed by atoms with van der Waals surface area (Å²) in [7, 11) is 0. The molecule has 0 radical (unpaired) electrons. The van der Waals surface area contributed by atoms with E-state index in [1.807, 2.05) is 15.8 Å². The van der Waals surface area contributed by atoms with Gasteiger partial charge in [0.1, 0.15) is 0 Å². The highest BCUT2D eigenvalue weighted by atomic mass is 16.5. The highest BCUT2D eigenvalue weighted by Gasteiger charge is 2.32. The van der Waals surface area contributed by atoms with E-state index in [9.17, 15) is 4.79 Å². The van der Waals surface area contributed by atoms with Crippen LogP contribution in [0.5, 0.6) is 0 Å². The predicted molar refractivity (Wildman–Crippen MR) is 80.2 cm³/mol. The second-order valence-corrected chi connectivity index (χ2v) is 6.85. The number of nitrogens with one attached hydrogen (secondary N) is 1. The molecule has 3 rings (SSSR count). The van der Waals surface area contributed by atoms with Crippen LogP contribution in [0.15, 0.2) is 12.4 Å². The summed E-state index contributed by atoms with van der Waals surface area (Å²) in [5, 5.41) is 7.22. The van der Waals surface area contributed by atoms with Crippen molar-refractivity contribution in [2.24, 2.45) is 5.41 Å². The Labute approximate surface area is 125 Å². The van der Waals surface area contributed by atoms with Gasteiger partial charge >= 0.3 is 6.03 Å².